The third-order valence-electron chi connectivity index (χ3n) is 13.0. The van der Waals surface area contributed by atoms with Crippen LogP contribution in [0.15, 0.2) is 243 Å². The maximum absolute atomic E-state index is 5.41. The molecule has 294 valence electrons. The van der Waals surface area contributed by atoms with Crippen molar-refractivity contribution in [1.29, 1.82) is 0 Å². The first-order chi connectivity index (χ1) is 31.3. The molecule has 0 N–H and O–H groups in total. The second kappa shape index (κ2) is 15.1. The van der Waals surface area contributed by atoms with Crippen molar-refractivity contribution in [1.82, 2.24) is 9.97 Å². The van der Waals surface area contributed by atoms with Crippen LogP contribution < -0.4 is 0 Å². The zero-order valence-corrected chi connectivity index (χ0v) is 34.5. The Hall–Kier alpha value is -8.20. The van der Waals surface area contributed by atoms with Crippen LogP contribution in [0.2, 0.25) is 0 Å². The normalized spacial score (nSPS) is 12.6. The summed E-state index contributed by atoms with van der Waals surface area (Å²) in [6.45, 7) is 0. The van der Waals surface area contributed by atoms with Gasteiger partial charge in [-0.25, -0.2) is 9.97 Å². The Labute approximate surface area is 367 Å². The van der Waals surface area contributed by atoms with Crippen LogP contribution in [0.5, 0.6) is 0 Å². The van der Waals surface area contributed by atoms with Gasteiger partial charge in [-0.2, -0.15) is 0 Å². The van der Waals surface area contributed by atoms with E-state index in [-0.39, 0.29) is 0 Å². The smallest absolute Gasteiger partial charge is 0.161 e. The predicted molar refractivity (Wildman–Crippen MR) is 262 cm³/mol. The van der Waals surface area contributed by atoms with Gasteiger partial charge in [0.05, 0.1) is 16.8 Å². The van der Waals surface area contributed by atoms with Crippen LogP contribution in [0.25, 0.3) is 88.8 Å². The van der Waals surface area contributed by atoms with Gasteiger partial charge in [-0.05, 0) is 95.4 Å². The Morgan fingerprint density at radius 2 is 0.794 bits per heavy atom. The van der Waals surface area contributed by atoms with Gasteiger partial charge in [-0.1, -0.05) is 224 Å². The van der Waals surface area contributed by atoms with Crippen molar-refractivity contribution >= 4 is 21.5 Å². The fourth-order valence-corrected chi connectivity index (χ4v) is 10.2. The van der Waals surface area contributed by atoms with E-state index in [4.69, 9.17) is 9.97 Å². The fraction of sp³-hybridized carbons (Fsp3) is 0.0164. The Kier molecular flexibility index (Phi) is 8.76. The Morgan fingerprint density at radius 3 is 1.49 bits per heavy atom. The summed E-state index contributed by atoms with van der Waals surface area (Å²) < 4.78 is 0. The van der Waals surface area contributed by atoms with Crippen molar-refractivity contribution in [3.63, 3.8) is 0 Å². The Bertz CT molecular complexity index is 3450. The van der Waals surface area contributed by atoms with Crippen LogP contribution in [0.3, 0.4) is 0 Å². The summed E-state index contributed by atoms with van der Waals surface area (Å²) >= 11 is 0. The highest BCUT2D eigenvalue weighted by Crippen LogP contribution is 2.59. The minimum atomic E-state index is -0.544. The molecule has 63 heavy (non-hydrogen) atoms. The monoisotopic (exact) mass is 800 g/mol. The molecule has 0 spiro atoms. The molecule has 0 unspecified atom stereocenters. The molecular formula is C61H40N2. The molecule has 11 aromatic rings. The highest BCUT2D eigenvalue weighted by atomic mass is 14.9. The Morgan fingerprint density at radius 1 is 0.286 bits per heavy atom. The van der Waals surface area contributed by atoms with Gasteiger partial charge >= 0.3 is 0 Å². The molecule has 0 aliphatic heterocycles. The molecule has 12 rings (SSSR count). The van der Waals surface area contributed by atoms with Crippen LogP contribution in [-0.2, 0) is 5.41 Å². The first-order valence-corrected chi connectivity index (χ1v) is 21.7. The van der Waals surface area contributed by atoms with Crippen molar-refractivity contribution in [3.05, 3.63) is 265 Å². The number of hydrogen-bond acceptors (Lipinski definition) is 2. The molecule has 0 fully saturated rings. The molecule has 10 aromatic carbocycles. The summed E-state index contributed by atoms with van der Waals surface area (Å²) in [6.07, 6.45) is 0. The average molecular weight is 801 g/mol. The van der Waals surface area contributed by atoms with Crippen LogP contribution >= 0.6 is 0 Å². The van der Waals surface area contributed by atoms with E-state index in [9.17, 15) is 0 Å². The minimum absolute atomic E-state index is 0.544. The topological polar surface area (TPSA) is 25.8 Å². The molecule has 0 bridgehead atoms. The Balaban J connectivity index is 1.07. The molecule has 2 nitrogen and oxygen atoms in total. The fourth-order valence-electron chi connectivity index (χ4n) is 10.2. The second-order valence-corrected chi connectivity index (χ2v) is 16.4. The van der Waals surface area contributed by atoms with Crippen LogP contribution in [0.4, 0.5) is 0 Å². The molecule has 1 aliphatic carbocycles. The number of fused-ring (bicyclic) bond motifs is 6. The van der Waals surface area contributed by atoms with E-state index in [0.717, 1.165) is 50.0 Å². The van der Waals surface area contributed by atoms with Gasteiger partial charge in [0, 0.05) is 16.7 Å². The van der Waals surface area contributed by atoms with Gasteiger partial charge in [0.2, 0.25) is 0 Å². The van der Waals surface area contributed by atoms with Crippen LogP contribution in [0, 0.1) is 0 Å². The third-order valence-corrected chi connectivity index (χ3v) is 13.0. The summed E-state index contributed by atoms with van der Waals surface area (Å²) in [4.78, 5) is 10.7. The van der Waals surface area contributed by atoms with E-state index in [1.165, 1.54) is 55.3 Å². The molecule has 0 saturated heterocycles. The van der Waals surface area contributed by atoms with E-state index in [2.05, 4.69) is 237 Å². The lowest BCUT2D eigenvalue weighted by molar-refractivity contribution is 0.776. The average Bonchev–Trinajstić information content (AvgIpc) is 3.68. The van der Waals surface area contributed by atoms with Gasteiger partial charge in [-0.3, -0.25) is 0 Å². The molecule has 0 atom stereocenters. The zero-order chi connectivity index (χ0) is 41.7. The molecule has 0 amide bonds. The third kappa shape index (κ3) is 5.95. The summed E-state index contributed by atoms with van der Waals surface area (Å²) in [5, 5.41) is 4.78. The van der Waals surface area contributed by atoms with Gasteiger partial charge < -0.3 is 0 Å². The number of nitrogens with zero attached hydrogens (tertiary/aromatic N) is 2. The maximum Gasteiger partial charge on any atom is 0.161 e. The van der Waals surface area contributed by atoms with Crippen molar-refractivity contribution in [2.45, 2.75) is 5.41 Å². The summed E-state index contributed by atoms with van der Waals surface area (Å²) in [6, 6.07) is 87.7. The number of aromatic nitrogens is 2. The number of rotatable bonds is 7. The first-order valence-electron chi connectivity index (χ1n) is 21.7. The molecule has 0 radical (unpaired) electrons. The molecule has 2 heteroatoms. The highest BCUT2D eigenvalue weighted by Gasteiger charge is 2.47. The molecule has 1 aromatic heterocycles. The van der Waals surface area contributed by atoms with Crippen molar-refractivity contribution in [2.75, 3.05) is 0 Å². The van der Waals surface area contributed by atoms with E-state index >= 15 is 0 Å². The van der Waals surface area contributed by atoms with Crippen molar-refractivity contribution in [3.8, 4) is 67.3 Å². The number of benzene rings is 10. The zero-order valence-electron chi connectivity index (χ0n) is 34.5. The predicted octanol–water partition coefficient (Wildman–Crippen LogP) is 15.5. The van der Waals surface area contributed by atoms with Crippen LogP contribution in [-0.4, -0.2) is 9.97 Å². The quantitative estimate of drug-likeness (QED) is 0.160. The SMILES string of the molecule is c1ccc(-c2cc(-c3ccccc3-c3ccccc3)nc(-c3ccc(-c4ccc5c(c4)C(c4ccccc4)(c4ccccc4)c4c-5ccc5ccccc45)c4ccccc34)n2)cc1. The largest absolute Gasteiger partial charge is 0.228 e. The molecular weight excluding hydrogens is 761 g/mol. The highest BCUT2D eigenvalue weighted by molar-refractivity contribution is 6.06. The van der Waals surface area contributed by atoms with Gasteiger partial charge in [-0.15, -0.1) is 0 Å². The molecule has 1 aliphatic rings. The minimum Gasteiger partial charge on any atom is -0.228 e. The summed E-state index contributed by atoms with van der Waals surface area (Å²) in [7, 11) is 0. The van der Waals surface area contributed by atoms with Crippen molar-refractivity contribution < 1.29 is 0 Å². The molecule has 1 heterocycles. The van der Waals surface area contributed by atoms with E-state index in [1.807, 2.05) is 6.07 Å². The summed E-state index contributed by atoms with van der Waals surface area (Å²) in [5.41, 5.74) is 16.6. The molecule has 0 saturated carbocycles. The summed E-state index contributed by atoms with van der Waals surface area (Å²) in [5.74, 6) is 0.695. The lowest BCUT2D eigenvalue weighted by Gasteiger charge is -2.35. The van der Waals surface area contributed by atoms with Gasteiger partial charge in [0.15, 0.2) is 5.82 Å². The number of hydrogen-bond donors (Lipinski definition) is 0. The standard InChI is InChI=1S/C61H40N2/c1-5-19-41(20-6-1)47-28-15-18-32-53(47)58-40-57(43-22-7-2-8-23-43)62-60(63-58)55-38-37-48(50-30-16-17-31-51(50)55)44-34-35-52-54-36-33-42-21-13-14-29-49(42)59(54)61(56(52)39-44,45-24-9-3-10-25-45)46-26-11-4-12-27-46/h1-40H. The lowest BCUT2D eigenvalue weighted by atomic mass is 9.66. The van der Waals surface area contributed by atoms with Gasteiger partial charge in [0.25, 0.3) is 0 Å². The lowest BCUT2D eigenvalue weighted by Crippen LogP contribution is -2.28. The second-order valence-electron chi connectivity index (χ2n) is 16.4. The van der Waals surface area contributed by atoms with E-state index in [1.54, 1.807) is 0 Å². The maximum atomic E-state index is 5.41. The first kappa shape index (κ1) is 36.6. The van der Waals surface area contributed by atoms with E-state index < -0.39 is 5.41 Å². The van der Waals surface area contributed by atoms with Crippen molar-refractivity contribution in [2.24, 2.45) is 0 Å². The van der Waals surface area contributed by atoms with Crippen LogP contribution in [0.1, 0.15) is 22.3 Å². The van der Waals surface area contributed by atoms with Gasteiger partial charge in [0.1, 0.15) is 0 Å². The van der Waals surface area contributed by atoms with E-state index in [0.29, 0.717) is 5.82 Å².